The van der Waals surface area contributed by atoms with Gasteiger partial charge in [-0.15, -0.1) is 11.3 Å². The van der Waals surface area contributed by atoms with E-state index in [0.717, 1.165) is 22.0 Å². The zero-order valence-corrected chi connectivity index (χ0v) is 14.4. The van der Waals surface area contributed by atoms with Crippen LogP contribution in [0.4, 0.5) is 5.69 Å². The lowest BCUT2D eigenvalue weighted by Gasteiger charge is -1.99. The normalized spacial score (nSPS) is 10.9. The number of anilines is 1. The van der Waals surface area contributed by atoms with E-state index in [-0.39, 0.29) is 5.78 Å². The fourth-order valence-electron chi connectivity index (χ4n) is 2.07. The van der Waals surface area contributed by atoms with Crippen LogP contribution < -0.4 is 5.32 Å². The molecule has 3 aromatic rings. The number of pyridine rings is 1. The molecule has 0 spiro atoms. The summed E-state index contributed by atoms with van der Waals surface area (Å²) < 4.78 is 0. The van der Waals surface area contributed by atoms with E-state index in [4.69, 9.17) is 11.6 Å². The van der Waals surface area contributed by atoms with Crippen molar-refractivity contribution in [3.8, 4) is 10.6 Å². The number of nitrogens with zero attached hydrogens (tertiary/aromatic N) is 2. The van der Waals surface area contributed by atoms with Gasteiger partial charge in [0.1, 0.15) is 5.01 Å². The van der Waals surface area contributed by atoms with E-state index in [1.807, 2.05) is 31.2 Å². The summed E-state index contributed by atoms with van der Waals surface area (Å²) in [5.74, 6) is -0.0818. The van der Waals surface area contributed by atoms with Crippen molar-refractivity contribution in [3.05, 3.63) is 76.7 Å². The SMILES string of the molecule is Cc1nc(-c2cccnc2)sc1C(=O)/C=C/Nc1ccc(Cl)cc1. The second-order valence-electron chi connectivity index (χ2n) is 5.02. The molecule has 2 aromatic heterocycles. The highest BCUT2D eigenvalue weighted by Crippen LogP contribution is 2.27. The fourth-order valence-corrected chi connectivity index (χ4v) is 3.18. The number of aryl methyl sites for hydroxylation is 1. The second-order valence-corrected chi connectivity index (χ2v) is 6.46. The number of nitrogens with one attached hydrogen (secondary N) is 1. The van der Waals surface area contributed by atoms with Crippen molar-refractivity contribution in [1.29, 1.82) is 0 Å². The first kappa shape index (κ1) is 16.4. The molecule has 0 aliphatic carbocycles. The summed E-state index contributed by atoms with van der Waals surface area (Å²) in [6, 6.07) is 11.0. The topological polar surface area (TPSA) is 54.9 Å². The largest absolute Gasteiger partial charge is 0.362 e. The van der Waals surface area contributed by atoms with Gasteiger partial charge in [0, 0.05) is 40.9 Å². The molecule has 1 aromatic carbocycles. The van der Waals surface area contributed by atoms with Crippen LogP contribution in [0.25, 0.3) is 10.6 Å². The van der Waals surface area contributed by atoms with Gasteiger partial charge in [-0.3, -0.25) is 9.78 Å². The van der Waals surface area contributed by atoms with Crippen molar-refractivity contribution in [3.63, 3.8) is 0 Å². The first-order valence-electron chi connectivity index (χ1n) is 7.24. The molecule has 0 aliphatic rings. The van der Waals surface area contributed by atoms with Gasteiger partial charge in [-0.2, -0.15) is 0 Å². The maximum absolute atomic E-state index is 12.4. The zero-order valence-electron chi connectivity index (χ0n) is 12.9. The van der Waals surface area contributed by atoms with E-state index in [0.29, 0.717) is 9.90 Å². The van der Waals surface area contributed by atoms with Crippen LogP contribution in [0.1, 0.15) is 15.4 Å². The highest BCUT2D eigenvalue weighted by molar-refractivity contribution is 7.17. The van der Waals surface area contributed by atoms with E-state index in [9.17, 15) is 4.79 Å². The Morgan fingerprint density at radius 2 is 2.04 bits per heavy atom. The fraction of sp³-hybridized carbons (Fsp3) is 0.0556. The van der Waals surface area contributed by atoms with E-state index < -0.39 is 0 Å². The molecule has 4 nitrogen and oxygen atoms in total. The lowest BCUT2D eigenvalue weighted by molar-refractivity contribution is 0.104. The van der Waals surface area contributed by atoms with E-state index in [2.05, 4.69) is 15.3 Å². The molecular weight excluding hydrogens is 342 g/mol. The van der Waals surface area contributed by atoms with Gasteiger partial charge < -0.3 is 5.32 Å². The predicted octanol–water partition coefficient (Wildman–Crippen LogP) is 4.98. The average Bonchev–Trinajstić information content (AvgIpc) is 2.99. The molecule has 0 bridgehead atoms. The summed E-state index contributed by atoms with van der Waals surface area (Å²) in [4.78, 5) is 21.5. The quantitative estimate of drug-likeness (QED) is 0.518. The average molecular weight is 356 g/mol. The lowest BCUT2D eigenvalue weighted by atomic mass is 10.2. The Kier molecular flexibility index (Phi) is 5.03. The molecule has 6 heteroatoms. The number of carbonyl (C=O) groups excluding carboxylic acids is 1. The summed E-state index contributed by atoms with van der Waals surface area (Å²) in [5, 5.41) is 4.51. The summed E-state index contributed by atoms with van der Waals surface area (Å²) in [6.45, 7) is 1.84. The monoisotopic (exact) mass is 355 g/mol. The van der Waals surface area contributed by atoms with E-state index >= 15 is 0 Å². The molecule has 0 radical (unpaired) electrons. The minimum absolute atomic E-state index is 0.0818. The van der Waals surface area contributed by atoms with Gasteiger partial charge in [-0.25, -0.2) is 4.98 Å². The van der Waals surface area contributed by atoms with Crippen molar-refractivity contribution in [2.45, 2.75) is 6.92 Å². The van der Waals surface area contributed by atoms with Crippen LogP contribution in [0.5, 0.6) is 0 Å². The Bertz CT molecular complexity index is 873. The molecule has 3 rings (SSSR count). The van der Waals surface area contributed by atoms with Crippen molar-refractivity contribution in [1.82, 2.24) is 9.97 Å². The molecule has 0 saturated carbocycles. The molecule has 0 aliphatic heterocycles. The third-order valence-electron chi connectivity index (χ3n) is 3.26. The molecule has 0 amide bonds. The van der Waals surface area contributed by atoms with Crippen molar-refractivity contribution < 1.29 is 4.79 Å². The van der Waals surface area contributed by atoms with Gasteiger partial charge in [0.05, 0.1) is 10.6 Å². The maximum atomic E-state index is 12.4. The number of allylic oxidation sites excluding steroid dienone is 1. The molecule has 1 N–H and O–H groups in total. The number of hydrogen-bond acceptors (Lipinski definition) is 5. The molecule has 0 atom stereocenters. The Labute approximate surface area is 148 Å². The van der Waals surface area contributed by atoms with Gasteiger partial charge in [0.2, 0.25) is 0 Å². The van der Waals surface area contributed by atoms with E-state index in [1.54, 1.807) is 30.7 Å². The van der Waals surface area contributed by atoms with Gasteiger partial charge in [0.25, 0.3) is 0 Å². The molecule has 2 heterocycles. The Balaban J connectivity index is 1.72. The number of thiazole rings is 1. The highest BCUT2D eigenvalue weighted by Gasteiger charge is 2.14. The van der Waals surface area contributed by atoms with Crippen LogP contribution in [-0.2, 0) is 0 Å². The highest BCUT2D eigenvalue weighted by atomic mass is 35.5. The lowest BCUT2D eigenvalue weighted by Crippen LogP contribution is -1.95. The summed E-state index contributed by atoms with van der Waals surface area (Å²) >= 11 is 7.21. The number of hydrogen-bond donors (Lipinski definition) is 1. The Morgan fingerprint density at radius 3 is 2.75 bits per heavy atom. The number of aromatic nitrogens is 2. The van der Waals surface area contributed by atoms with Gasteiger partial charge in [-0.1, -0.05) is 11.6 Å². The van der Waals surface area contributed by atoms with Crippen molar-refractivity contribution in [2.75, 3.05) is 5.32 Å². The first-order valence-corrected chi connectivity index (χ1v) is 8.44. The predicted molar refractivity (Wildman–Crippen MR) is 98.6 cm³/mol. The third-order valence-corrected chi connectivity index (χ3v) is 4.73. The summed E-state index contributed by atoms with van der Waals surface area (Å²) in [5.41, 5.74) is 2.49. The number of rotatable bonds is 5. The van der Waals surface area contributed by atoms with Gasteiger partial charge in [-0.05, 0) is 43.3 Å². The van der Waals surface area contributed by atoms with Crippen LogP contribution in [0.3, 0.4) is 0 Å². The smallest absolute Gasteiger partial charge is 0.199 e. The summed E-state index contributed by atoms with van der Waals surface area (Å²) in [7, 11) is 0. The van der Waals surface area contributed by atoms with Gasteiger partial charge >= 0.3 is 0 Å². The van der Waals surface area contributed by atoms with Crippen LogP contribution >= 0.6 is 22.9 Å². The molecular formula is C18H14ClN3OS. The Morgan fingerprint density at radius 1 is 1.25 bits per heavy atom. The Hall–Kier alpha value is -2.50. The first-order chi connectivity index (χ1) is 11.6. The standard InChI is InChI=1S/C18H14ClN3OS/c1-12-17(24-18(22-12)13-3-2-9-20-11-13)16(23)8-10-21-15-6-4-14(19)5-7-15/h2-11,21H,1H3/b10-8+. The number of halogens is 1. The number of carbonyl (C=O) groups is 1. The van der Waals surface area contributed by atoms with Crippen molar-refractivity contribution in [2.24, 2.45) is 0 Å². The molecule has 24 heavy (non-hydrogen) atoms. The maximum Gasteiger partial charge on any atom is 0.199 e. The molecule has 120 valence electrons. The van der Waals surface area contributed by atoms with E-state index in [1.165, 1.54) is 17.4 Å². The van der Waals surface area contributed by atoms with Gasteiger partial charge in [0.15, 0.2) is 5.78 Å². The minimum atomic E-state index is -0.0818. The van der Waals surface area contributed by atoms with Crippen molar-refractivity contribution >= 4 is 34.4 Å². The number of ketones is 1. The van der Waals surface area contributed by atoms with Crippen LogP contribution in [0.2, 0.25) is 5.02 Å². The third kappa shape index (κ3) is 3.88. The molecule has 0 unspecified atom stereocenters. The van der Waals surface area contributed by atoms with Crippen LogP contribution in [-0.4, -0.2) is 15.8 Å². The van der Waals surface area contributed by atoms with Crippen LogP contribution in [0, 0.1) is 6.92 Å². The van der Waals surface area contributed by atoms with Crippen LogP contribution in [0.15, 0.2) is 61.1 Å². The molecule has 0 saturated heterocycles. The summed E-state index contributed by atoms with van der Waals surface area (Å²) in [6.07, 6.45) is 6.57. The minimum Gasteiger partial charge on any atom is -0.362 e. The molecule has 0 fully saturated rings. The zero-order chi connectivity index (χ0) is 16.9. The second kappa shape index (κ2) is 7.38. The number of benzene rings is 1.